The van der Waals surface area contributed by atoms with Crippen LogP contribution < -0.4 is 16.4 Å². The van der Waals surface area contributed by atoms with Crippen LogP contribution in [0.4, 0.5) is 0 Å². The average Bonchev–Trinajstić information content (AvgIpc) is 2.74. The molecule has 0 saturated carbocycles. The maximum absolute atomic E-state index is 12.8. The number of thiol groups is 1. The predicted octanol–water partition coefficient (Wildman–Crippen LogP) is 1.80. The number of carbonyl (C=O) groups excluding carboxylic acids is 3. The van der Waals surface area contributed by atoms with E-state index >= 15 is 0 Å². The van der Waals surface area contributed by atoms with Crippen LogP contribution in [0.1, 0.15) is 32.3 Å². The Labute approximate surface area is 195 Å². The summed E-state index contributed by atoms with van der Waals surface area (Å²) >= 11 is 5.66. The molecule has 0 heterocycles. The van der Waals surface area contributed by atoms with E-state index in [-0.39, 0.29) is 17.9 Å². The first-order valence-corrected chi connectivity index (χ1v) is 12.5. The molecule has 0 saturated heterocycles. The first kappa shape index (κ1) is 27.5. The minimum absolute atomic E-state index is 0.0902. The molecule has 0 spiro atoms. The summed E-state index contributed by atoms with van der Waals surface area (Å²) in [6.45, 7) is 4.34. The Morgan fingerprint density at radius 1 is 1.16 bits per heavy atom. The molecule has 3 atom stereocenters. The van der Waals surface area contributed by atoms with Crippen LogP contribution in [0.2, 0.25) is 0 Å². The standard InChI is InChI=1S/C22H35N3O4S2/c1-15(2)19(25-20(26)9-11-30)14-24-18(13-16-7-5-4-6-8-16)22(28)29-21(27)17(23)10-12-31-3/h4-8,15,17-19,24,30H,9-14,23H2,1-3H3,(H,25,26)/t17-,18-,19-/m0/s1. The molecular formula is C22H35N3O4S2. The van der Waals surface area contributed by atoms with E-state index < -0.39 is 24.0 Å². The van der Waals surface area contributed by atoms with Gasteiger partial charge >= 0.3 is 11.9 Å². The first-order valence-electron chi connectivity index (χ1n) is 10.5. The third kappa shape index (κ3) is 11.0. The molecule has 0 aliphatic rings. The number of esters is 2. The van der Waals surface area contributed by atoms with Gasteiger partial charge in [0.05, 0.1) is 0 Å². The van der Waals surface area contributed by atoms with E-state index in [1.54, 1.807) is 11.8 Å². The summed E-state index contributed by atoms with van der Waals surface area (Å²) in [5.41, 5.74) is 6.76. The quantitative estimate of drug-likeness (QED) is 0.187. The van der Waals surface area contributed by atoms with Gasteiger partial charge in [-0.15, -0.1) is 0 Å². The first-order chi connectivity index (χ1) is 14.8. The number of nitrogens with one attached hydrogen (secondary N) is 2. The Bertz CT molecular complexity index is 689. The molecule has 1 amide bonds. The van der Waals surface area contributed by atoms with Crippen LogP contribution in [0, 0.1) is 5.92 Å². The predicted molar refractivity (Wildman–Crippen MR) is 129 cm³/mol. The van der Waals surface area contributed by atoms with Crippen molar-refractivity contribution in [3.05, 3.63) is 35.9 Å². The van der Waals surface area contributed by atoms with Crippen molar-refractivity contribution >= 4 is 42.2 Å². The zero-order chi connectivity index (χ0) is 23.2. The van der Waals surface area contributed by atoms with Crippen molar-refractivity contribution in [3.63, 3.8) is 0 Å². The molecule has 0 unspecified atom stereocenters. The highest BCUT2D eigenvalue weighted by Crippen LogP contribution is 2.08. The summed E-state index contributed by atoms with van der Waals surface area (Å²) in [7, 11) is 0. The lowest BCUT2D eigenvalue weighted by Crippen LogP contribution is -2.51. The number of ether oxygens (including phenoxy) is 1. The lowest BCUT2D eigenvalue weighted by atomic mass is 10.0. The van der Waals surface area contributed by atoms with Crippen LogP contribution >= 0.6 is 24.4 Å². The summed E-state index contributed by atoms with van der Waals surface area (Å²) in [6, 6.07) is 7.71. The number of thioether (sulfide) groups is 1. The zero-order valence-corrected chi connectivity index (χ0v) is 20.2. The van der Waals surface area contributed by atoms with Crippen LogP contribution in [0.15, 0.2) is 30.3 Å². The van der Waals surface area contributed by atoms with Crippen LogP contribution in [0.25, 0.3) is 0 Å². The van der Waals surface area contributed by atoms with Crippen molar-refractivity contribution < 1.29 is 19.1 Å². The number of nitrogens with two attached hydrogens (primary N) is 1. The van der Waals surface area contributed by atoms with Gasteiger partial charge in [-0.05, 0) is 42.1 Å². The molecule has 0 aromatic heterocycles. The van der Waals surface area contributed by atoms with Crippen LogP contribution in [0.3, 0.4) is 0 Å². The van der Waals surface area contributed by atoms with Gasteiger partial charge in [0, 0.05) is 19.0 Å². The third-order valence-corrected chi connectivity index (χ3v) is 5.65. The number of hydrogen-bond donors (Lipinski definition) is 4. The fraction of sp³-hybridized carbons (Fsp3) is 0.591. The number of amides is 1. The highest BCUT2D eigenvalue weighted by Gasteiger charge is 2.27. The van der Waals surface area contributed by atoms with Crippen molar-refractivity contribution in [2.45, 2.75) is 51.2 Å². The molecule has 31 heavy (non-hydrogen) atoms. The van der Waals surface area contributed by atoms with Crippen LogP contribution in [-0.2, 0) is 25.5 Å². The Kier molecular flexibility index (Phi) is 13.6. The van der Waals surface area contributed by atoms with E-state index in [4.69, 9.17) is 10.5 Å². The van der Waals surface area contributed by atoms with Gasteiger partial charge in [0.1, 0.15) is 12.1 Å². The zero-order valence-electron chi connectivity index (χ0n) is 18.5. The second-order valence-electron chi connectivity index (χ2n) is 7.67. The van der Waals surface area contributed by atoms with Crippen molar-refractivity contribution in [2.24, 2.45) is 11.7 Å². The third-order valence-electron chi connectivity index (χ3n) is 4.78. The molecule has 4 N–H and O–H groups in total. The second-order valence-corrected chi connectivity index (χ2v) is 9.10. The fourth-order valence-electron chi connectivity index (χ4n) is 2.80. The highest BCUT2D eigenvalue weighted by molar-refractivity contribution is 7.98. The van der Waals surface area contributed by atoms with Gasteiger partial charge in [-0.1, -0.05) is 44.2 Å². The van der Waals surface area contributed by atoms with Crippen LogP contribution in [0.5, 0.6) is 0 Å². The molecule has 7 nitrogen and oxygen atoms in total. The van der Waals surface area contributed by atoms with Gasteiger partial charge in [0.2, 0.25) is 5.91 Å². The smallest absolute Gasteiger partial charge is 0.331 e. The SMILES string of the molecule is CSCC[C@H](N)C(=O)OC(=O)[C@H](Cc1ccccc1)NC[C@H](NC(=O)CCS)C(C)C. The molecule has 174 valence electrons. The average molecular weight is 470 g/mol. The van der Waals surface area contributed by atoms with E-state index in [1.165, 1.54) is 0 Å². The number of carbonyl (C=O) groups is 3. The molecule has 0 aliphatic carbocycles. The summed E-state index contributed by atoms with van der Waals surface area (Å²) in [5.74, 6) is -0.164. The van der Waals surface area contributed by atoms with E-state index in [2.05, 4.69) is 23.3 Å². The van der Waals surface area contributed by atoms with Gasteiger partial charge in [-0.2, -0.15) is 24.4 Å². The highest BCUT2D eigenvalue weighted by atomic mass is 32.2. The van der Waals surface area contributed by atoms with Gasteiger partial charge in [-0.3, -0.25) is 4.79 Å². The molecule has 0 radical (unpaired) electrons. The molecule has 0 aliphatic heterocycles. The Morgan fingerprint density at radius 3 is 2.42 bits per heavy atom. The topological polar surface area (TPSA) is 111 Å². The van der Waals surface area contributed by atoms with E-state index in [0.717, 1.165) is 5.56 Å². The minimum Gasteiger partial charge on any atom is -0.391 e. The minimum atomic E-state index is -0.835. The Hall–Kier alpha value is -1.55. The van der Waals surface area contributed by atoms with Gasteiger partial charge in [0.15, 0.2) is 0 Å². The van der Waals surface area contributed by atoms with E-state index in [0.29, 0.717) is 37.3 Å². The molecular weight excluding hydrogens is 434 g/mol. The fourth-order valence-corrected chi connectivity index (χ4v) is 3.49. The Morgan fingerprint density at radius 2 is 1.84 bits per heavy atom. The molecule has 1 aromatic carbocycles. The van der Waals surface area contributed by atoms with Gasteiger partial charge < -0.3 is 21.1 Å². The summed E-state index contributed by atoms with van der Waals surface area (Å²) < 4.78 is 5.08. The molecule has 9 heteroatoms. The Balaban J connectivity index is 2.83. The molecule has 1 rings (SSSR count). The van der Waals surface area contributed by atoms with Gasteiger partial charge in [0.25, 0.3) is 0 Å². The summed E-state index contributed by atoms with van der Waals surface area (Å²) in [4.78, 5) is 37.0. The van der Waals surface area contributed by atoms with Crippen LogP contribution in [-0.4, -0.2) is 60.3 Å². The maximum Gasteiger partial charge on any atom is 0.331 e. The number of benzene rings is 1. The largest absolute Gasteiger partial charge is 0.391 e. The van der Waals surface area contributed by atoms with Gasteiger partial charge in [-0.25, -0.2) is 9.59 Å². The van der Waals surface area contributed by atoms with Crippen molar-refractivity contribution in [1.29, 1.82) is 0 Å². The number of rotatable bonds is 14. The molecule has 1 aromatic rings. The van der Waals surface area contributed by atoms with Crippen molar-refractivity contribution in [3.8, 4) is 0 Å². The normalized spacial score (nSPS) is 14.0. The monoisotopic (exact) mass is 469 g/mol. The molecule has 0 fully saturated rings. The van der Waals surface area contributed by atoms with E-state index in [1.807, 2.05) is 50.4 Å². The molecule has 0 bridgehead atoms. The van der Waals surface area contributed by atoms with Crippen molar-refractivity contribution in [1.82, 2.24) is 10.6 Å². The summed E-state index contributed by atoms with van der Waals surface area (Å²) in [6.07, 6.45) is 3.03. The summed E-state index contributed by atoms with van der Waals surface area (Å²) in [5, 5.41) is 6.14. The van der Waals surface area contributed by atoms with Crippen molar-refractivity contribution in [2.75, 3.05) is 24.3 Å². The lowest BCUT2D eigenvalue weighted by Gasteiger charge is -2.26. The lowest BCUT2D eigenvalue weighted by molar-refractivity contribution is -0.162. The van der Waals surface area contributed by atoms with E-state index in [9.17, 15) is 14.4 Å². The maximum atomic E-state index is 12.8. The number of hydrogen-bond acceptors (Lipinski definition) is 8. The second kappa shape index (κ2) is 15.3.